The maximum Gasteiger partial charge on any atom is 0.237 e. The van der Waals surface area contributed by atoms with Crippen LogP contribution in [-0.2, 0) is 18.4 Å². The zero-order valence-electron chi connectivity index (χ0n) is 18.6. The molecule has 0 unspecified atom stereocenters. The van der Waals surface area contributed by atoms with Crippen molar-refractivity contribution in [1.82, 2.24) is 14.8 Å². The summed E-state index contributed by atoms with van der Waals surface area (Å²) in [5.41, 5.74) is 1.73. The Bertz CT molecular complexity index is 1210. The van der Waals surface area contributed by atoms with Gasteiger partial charge in [-0.1, -0.05) is 30.0 Å². The Kier molecular flexibility index (Phi) is 7.31. The predicted molar refractivity (Wildman–Crippen MR) is 132 cm³/mol. The minimum Gasteiger partial charge on any atom is -0.497 e. The van der Waals surface area contributed by atoms with Gasteiger partial charge in [0.05, 0.1) is 26.5 Å². The molecule has 0 N–H and O–H groups in total. The SMILES string of the molecule is COc1ccc(N(Cc2cccs2)C(=O)CSc2nnc(-c3cccc(OC)c3)n2C)cc1. The molecular weight excluding hydrogens is 456 g/mol. The normalized spacial score (nSPS) is 10.8. The maximum absolute atomic E-state index is 13.3. The number of rotatable bonds is 9. The Balaban J connectivity index is 1.50. The minimum absolute atomic E-state index is 0.00972. The molecule has 2 heterocycles. The van der Waals surface area contributed by atoms with E-state index in [2.05, 4.69) is 10.2 Å². The molecule has 4 aromatic rings. The number of ether oxygens (including phenoxy) is 2. The number of thiophene rings is 1. The summed E-state index contributed by atoms with van der Waals surface area (Å²) >= 11 is 3.00. The van der Waals surface area contributed by atoms with Crippen LogP contribution in [0.2, 0.25) is 0 Å². The number of methoxy groups -OCH3 is 2. The summed E-state index contributed by atoms with van der Waals surface area (Å²) in [5.74, 6) is 2.45. The largest absolute Gasteiger partial charge is 0.497 e. The highest BCUT2D eigenvalue weighted by molar-refractivity contribution is 7.99. The first-order valence-electron chi connectivity index (χ1n) is 10.2. The second kappa shape index (κ2) is 10.5. The molecule has 0 fully saturated rings. The highest BCUT2D eigenvalue weighted by Gasteiger charge is 2.19. The van der Waals surface area contributed by atoms with E-state index in [1.807, 2.05) is 77.7 Å². The van der Waals surface area contributed by atoms with Gasteiger partial charge < -0.3 is 18.9 Å². The van der Waals surface area contributed by atoms with E-state index < -0.39 is 0 Å². The fourth-order valence-corrected chi connectivity index (χ4v) is 4.78. The van der Waals surface area contributed by atoms with Gasteiger partial charge >= 0.3 is 0 Å². The fraction of sp³-hybridized carbons (Fsp3) is 0.208. The van der Waals surface area contributed by atoms with Crippen molar-refractivity contribution in [3.8, 4) is 22.9 Å². The second-order valence-corrected chi connectivity index (χ2v) is 9.12. The van der Waals surface area contributed by atoms with E-state index in [-0.39, 0.29) is 11.7 Å². The topological polar surface area (TPSA) is 69.5 Å². The van der Waals surface area contributed by atoms with Crippen LogP contribution < -0.4 is 14.4 Å². The van der Waals surface area contributed by atoms with Gasteiger partial charge in [0, 0.05) is 23.2 Å². The number of thioether (sulfide) groups is 1. The van der Waals surface area contributed by atoms with Gasteiger partial charge in [0.1, 0.15) is 11.5 Å². The number of benzene rings is 2. The van der Waals surface area contributed by atoms with E-state index in [1.54, 1.807) is 30.5 Å². The first-order chi connectivity index (χ1) is 16.1. The number of amides is 1. The molecule has 170 valence electrons. The molecule has 2 aromatic heterocycles. The Labute approximate surface area is 201 Å². The van der Waals surface area contributed by atoms with Crippen molar-refractivity contribution >= 4 is 34.7 Å². The van der Waals surface area contributed by atoms with Gasteiger partial charge in [0.2, 0.25) is 5.91 Å². The van der Waals surface area contributed by atoms with Gasteiger partial charge in [-0.3, -0.25) is 4.79 Å². The van der Waals surface area contributed by atoms with Crippen molar-refractivity contribution < 1.29 is 14.3 Å². The van der Waals surface area contributed by atoms with Gasteiger partial charge in [-0.2, -0.15) is 0 Å². The van der Waals surface area contributed by atoms with Crippen molar-refractivity contribution in [3.05, 3.63) is 70.9 Å². The fourth-order valence-electron chi connectivity index (χ4n) is 3.30. The molecule has 9 heteroatoms. The number of nitrogens with zero attached hydrogens (tertiary/aromatic N) is 4. The van der Waals surface area contributed by atoms with E-state index in [9.17, 15) is 4.79 Å². The van der Waals surface area contributed by atoms with E-state index in [1.165, 1.54) is 11.8 Å². The average Bonchev–Trinajstić information content (AvgIpc) is 3.50. The van der Waals surface area contributed by atoms with Crippen LogP contribution in [0.25, 0.3) is 11.4 Å². The third-order valence-electron chi connectivity index (χ3n) is 5.07. The van der Waals surface area contributed by atoms with Gasteiger partial charge in [-0.15, -0.1) is 21.5 Å². The number of anilines is 1. The Hall–Kier alpha value is -3.30. The minimum atomic E-state index is -0.00972. The molecule has 0 aliphatic carbocycles. The molecule has 4 rings (SSSR count). The molecule has 0 atom stereocenters. The van der Waals surface area contributed by atoms with E-state index in [0.717, 1.165) is 33.5 Å². The van der Waals surface area contributed by atoms with Gasteiger partial charge in [-0.25, -0.2) is 0 Å². The van der Waals surface area contributed by atoms with Crippen LogP contribution in [0, 0.1) is 0 Å². The van der Waals surface area contributed by atoms with Crippen molar-refractivity contribution in [2.45, 2.75) is 11.7 Å². The Morgan fingerprint density at radius 3 is 2.52 bits per heavy atom. The number of hydrogen-bond acceptors (Lipinski definition) is 7. The molecular formula is C24H24N4O3S2. The van der Waals surface area contributed by atoms with Crippen LogP contribution >= 0.6 is 23.1 Å². The van der Waals surface area contributed by atoms with Crippen LogP contribution in [0.3, 0.4) is 0 Å². The van der Waals surface area contributed by atoms with Crippen molar-refractivity contribution in [1.29, 1.82) is 0 Å². The van der Waals surface area contributed by atoms with Crippen LogP contribution in [0.4, 0.5) is 5.69 Å². The van der Waals surface area contributed by atoms with Crippen LogP contribution in [0.15, 0.2) is 71.2 Å². The lowest BCUT2D eigenvalue weighted by Gasteiger charge is -2.22. The van der Waals surface area contributed by atoms with Crippen molar-refractivity contribution in [2.24, 2.45) is 7.05 Å². The van der Waals surface area contributed by atoms with Crippen molar-refractivity contribution in [2.75, 3.05) is 24.9 Å². The number of aromatic nitrogens is 3. The average molecular weight is 481 g/mol. The molecule has 0 radical (unpaired) electrons. The zero-order valence-corrected chi connectivity index (χ0v) is 20.2. The first kappa shape index (κ1) is 22.9. The molecule has 0 saturated carbocycles. The van der Waals surface area contributed by atoms with Crippen LogP contribution in [0.5, 0.6) is 11.5 Å². The Morgan fingerprint density at radius 1 is 1.03 bits per heavy atom. The molecule has 1 amide bonds. The molecule has 33 heavy (non-hydrogen) atoms. The third kappa shape index (κ3) is 5.37. The van der Waals surface area contributed by atoms with E-state index >= 15 is 0 Å². The smallest absolute Gasteiger partial charge is 0.237 e. The molecule has 0 aliphatic heterocycles. The summed E-state index contributed by atoms with van der Waals surface area (Å²) in [6.45, 7) is 0.511. The zero-order chi connectivity index (χ0) is 23.2. The van der Waals surface area contributed by atoms with Gasteiger partial charge in [-0.05, 0) is 47.8 Å². The van der Waals surface area contributed by atoms with Crippen molar-refractivity contribution in [3.63, 3.8) is 0 Å². The van der Waals surface area contributed by atoms with Gasteiger partial charge in [0.15, 0.2) is 11.0 Å². The summed E-state index contributed by atoms with van der Waals surface area (Å²) in [5, 5.41) is 11.3. The maximum atomic E-state index is 13.3. The summed E-state index contributed by atoms with van der Waals surface area (Å²) in [4.78, 5) is 16.2. The lowest BCUT2D eigenvalue weighted by molar-refractivity contribution is -0.116. The summed E-state index contributed by atoms with van der Waals surface area (Å²) in [6.07, 6.45) is 0. The van der Waals surface area contributed by atoms with Crippen LogP contribution in [-0.4, -0.2) is 40.6 Å². The lowest BCUT2D eigenvalue weighted by Crippen LogP contribution is -2.31. The monoisotopic (exact) mass is 480 g/mol. The third-order valence-corrected chi connectivity index (χ3v) is 6.93. The molecule has 2 aromatic carbocycles. The Morgan fingerprint density at radius 2 is 1.82 bits per heavy atom. The highest BCUT2D eigenvalue weighted by atomic mass is 32.2. The molecule has 0 aliphatic rings. The molecule has 0 spiro atoms. The van der Waals surface area contributed by atoms with E-state index in [4.69, 9.17) is 9.47 Å². The number of hydrogen-bond donors (Lipinski definition) is 0. The van der Waals surface area contributed by atoms with E-state index in [0.29, 0.717) is 11.7 Å². The summed E-state index contributed by atoms with van der Waals surface area (Å²) in [7, 11) is 5.16. The number of carbonyl (C=O) groups is 1. The predicted octanol–water partition coefficient (Wildman–Crippen LogP) is 4.89. The second-order valence-electron chi connectivity index (χ2n) is 7.14. The highest BCUT2D eigenvalue weighted by Crippen LogP contribution is 2.27. The lowest BCUT2D eigenvalue weighted by atomic mass is 10.2. The molecule has 0 saturated heterocycles. The number of carbonyl (C=O) groups excluding carboxylic acids is 1. The van der Waals surface area contributed by atoms with Crippen LogP contribution in [0.1, 0.15) is 4.88 Å². The summed E-state index contributed by atoms with van der Waals surface area (Å²) in [6, 6.07) is 19.2. The quantitative estimate of drug-likeness (QED) is 0.318. The molecule has 0 bridgehead atoms. The first-order valence-corrected chi connectivity index (χ1v) is 12.1. The van der Waals surface area contributed by atoms with Gasteiger partial charge in [0.25, 0.3) is 0 Å². The standard InChI is InChI=1S/C24H24N4O3S2/c1-27-23(17-6-4-7-20(14-17)31-3)25-26-24(27)33-16-22(29)28(15-21-8-5-13-32-21)18-9-11-19(30-2)12-10-18/h4-14H,15-16H2,1-3H3. The molecule has 7 nitrogen and oxygen atoms in total. The summed E-state index contributed by atoms with van der Waals surface area (Å²) < 4.78 is 12.5.